The van der Waals surface area contributed by atoms with Crippen molar-refractivity contribution in [2.45, 2.75) is 0 Å². The lowest BCUT2D eigenvalue weighted by Crippen LogP contribution is -1.92. The van der Waals surface area contributed by atoms with Crippen LogP contribution in [0.15, 0.2) is 227 Å². The average molecular weight is 817 g/mol. The second-order valence-electron chi connectivity index (χ2n) is 16.9. The SMILES string of the molecule is c1ccc(-n2c3ccccc3c3cc(-c4ccc5oc6c(-c7ccc8oc9ccccc9c8c7)cc(-c7ccc8c(c7)c7ccccc7n8-c7ccccc7)cc6c5c4)ccc32)cc1. The molecule has 64 heavy (non-hydrogen) atoms. The number of benzene rings is 10. The Morgan fingerprint density at radius 2 is 0.672 bits per heavy atom. The highest BCUT2D eigenvalue weighted by Gasteiger charge is 2.20. The molecule has 14 rings (SSSR count). The maximum atomic E-state index is 6.93. The fourth-order valence-electron chi connectivity index (χ4n) is 10.3. The molecule has 0 unspecified atom stereocenters. The van der Waals surface area contributed by atoms with Crippen LogP contribution in [0, 0.1) is 0 Å². The summed E-state index contributed by atoms with van der Waals surface area (Å²) in [5, 5.41) is 9.25. The highest BCUT2D eigenvalue weighted by atomic mass is 16.3. The van der Waals surface area contributed by atoms with E-state index in [0.717, 1.165) is 88.6 Å². The number of aromatic nitrogens is 2. The van der Waals surface area contributed by atoms with Gasteiger partial charge in [0.2, 0.25) is 0 Å². The number of nitrogens with zero attached hydrogens (tertiary/aromatic N) is 2. The molecule has 0 radical (unpaired) electrons. The first kappa shape index (κ1) is 35.0. The second kappa shape index (κ2) is 13.4. The van der Waals surface area contributed by atoms with E-state index in [-0.39, 0.29) is 0 Å². The van der Waals surface area contributed by atoms with Gasteiger partial charge in [-0.1, -0.05) is 115 Å². The number of hydrogen-bond acceptors (Lipinski definition) is 2. The molecule has 4 heterocycles. The first-order valence-corrected chi connectivity index (χ1v) is 21.8. The van der Waals surface area contributed by atoms with Crippen molar-refractivity contribution in [2.75, 3.05) is 0 Å². The molecular weight excluding hydrogens is 781 g/mol. The normalized spacial score (nSPS) is 12.1. The first-order chi connectivity index (χ1) is 31.7. The monoisotopic (exact) mass is 816 g/mol. The molecule has 0 saturated carbocycles. The Bertz CT molecular complexity index is 4180. The average Bonchev–Trinajstić information content (AvgIpc) is 4.11. The Morgan fingerprint density at radius 1 is 0.250 bits per heavy atom. The van der Waals surface area contributed by atoms with Gasteiger partial charge in [-0.25, -0.2) is 0 Å². The van der Waals surface area contributed by atoms with Crippen molar-refractivity contribution in [2.24, 2.45) is 0 Å². The van der Waals surface area contributed by atoms with Crippen LogP contribution in [-0.4, -0.2) is 9.13 Å². The van der Waals surface area contributed by atoms with Gasteiger partial charge in [-0.05, 0) is 131 Å². The maximum absolute atomic E-state index is 6.93. The molecule has 0 saturated heterocycles. The van der Waals surface area contributed by atoms with Crippen molar-refractivity contribution < 1.29 is 8.83 Å². The van der Waals surface area contributed by atoms with Gasteiger partial charge in [0.25, 0.3) is 0 Å². The Labute approximate surface area is 367 Å². The second-order valence-corrected chi connectivity index (χ2v) is 16.9. The molecule has 0 spiro atoms. The van der Waals surface area contributed by atoms with Crippen molar-refractivity contribution in [3.63, 3.8) is 0 Å². The maximum Gasteiger partial charge on any atom is 0.143 e. The Morgan fingerprint density at radius 3 is 1.31 bits per heavy atom. The fraction of sp³-hybridized carbons (Fsp3) is 0. The van der Waals surface area contributed by atoms with E-state index in [4.69, 9.17) is 8.83 Å². The van der Waals surface area contributed by atoms with Gasteiger partial charge >= 0.3 is 0 Å². The summed E-state index contributed by atoms with van der Waals surface area (Å²) >= 11 is 0. The summed E-state index contributed by atoms with van der Waals surface area (Å²) in [4.78, 5) is 0. The Hall–Kier alpha value is -8.60. The molecule has 14 aromatic rings. The topological polar surface area (TPSA) is 36.1 Å². The van der Waals surface area contributed by atoms with E-state index in [0.29, 0.717) is 0 Å². The minimum atomic E-state index is 0.857. The van der Waals surface area contributed by atoms with Crippen LogP contribution in [-0.2, 0) is 0 Å². The van der Waals surface area contributed by atoms with Gasteiger partial charge in [0.05, 0.1) is 22.1 Å². The van der Waals surface area contributed by atoms with E-state index in [1.54, 1.807) is 0 Å². The number of furan rings is 2. The van der Waals surface area contributed by atoms with Crippen molar-refractivity contribution in [1.82, 2.24) is 9.13 Å². The summed E-state index contributed by atoms with van der Waals surface area (Å²) < 4.78 is 18.0. The minimum absolute atomic E-state index is 0.857. The van der Waals surface area contributed by atoms with E-state index in [1.807, 2.05) is 12.1 Å². The summed E-state index contributed by atoms with van der Waals surface area (Å²) in [6.45, 7) is 0. The van der Waals surface area contributed by atoms with E-state index >= 15 is 0 Å². The third-order valence-electron chi connectivity index (χ3n) is 13.3. The van der Waals surface area contributed by atoms with Gasteiger partial charge < -0.3 is 18.0 Å². The molecule has 0 aliphatic carbocycles. The van der Waals surface area contributed by atoms with Crippen molar-refractivity contribution in [3.05, 3.63) is 218 Å². The van der Waals surface area contributed by atoms with Crippen molar-refractivity contribution >= 4 is 87.5 Å². The molecule has 10 aromatic carbocycles. The number of hydrogen-bond donors (Lipinski definition) is 0. The molecule has 0 bridgehead atoms. The predicted octanol–water partition coefficient (Wildman–Crippen LogP) is 16.7. The standard InChI is InChI=1S/C60H36N2O2/c1-3-13-42(14-4-1)61-53-20-10-7-17-44(53)48-31-37(23-27-55(48)61)38-25-29-59-51(33-38)52-36-41(35-47(60(52)64-59)40-26-30-58-50(34-40)46-19-9-12-22-57(46)63-58)39-24-28-56-49(32-39)45-18-8-11-21-54(45)62(56)43-15-5-2-6-16-43/h1-36H. The molecular formula is C60H36N2O2. The molecule has 0 aliphatic rings. The quantitative estimate of drug-likeness (QED) is 0.173. The first-order valence-electron chi connectivity index (χ1n) is 21.8. The highest BCUT2D eigenvalue weighted by molar-refractivity contribution is 6.16. The zero-order valence-corrected chi connectivity index (χ0v) is 34.5. The summed E-state index contributed by atoms with van der Waals surface area (Å²) in [7, 11) is 0. The van der Waals surface area contributed by atoms with Gasteiger partial charge in [-0.3, -0.25) is 0 Å². The van der Waals surface area contributed by atoms with Crippen LogP contribution in [0.1, 0.15) is 0 Å². The number of fused-ring (bicyclic) bond motifs is 12. The molecule has 0 fully saturated rings. The van der Waals surface area contributed by atoms with Crippen LogP contribution < -0.4 is 0 Å². The van der Waals surface area contributed by atoms with Gasteiger partial charge in [0, 0.05) is 60.0 Å². The third-order valence-corrected chi connectivity index (χ3v) is 13.3. The van der Waals surface area contributed by atoms with Crippen LogP contribution in [0.3, 0.4) is 0 Å². The lowest BCUT2D eigenvalue weighted by molar-refractivity contribution is 0.668. The highest BCUT2D eigenvalue weighted by Crippen LogP contribution is 2.44. The Balaban J connectivity index is 0.992. The van der Waals surface area contributed by atoms with Gasteiger partial charge in [0.15, 0.2) is 0 Å². The Kier molecular flexibility index (Phi) is 7.36. The smallest absolute Gasteiger partial charge is 0.143 e. The predicted molar refractivity (Wildman–Crippen MR) is 266 cm³/mol. The molecule has 298 valence electrons. The summed E-state index contributed by atoms with van der Waals surface area (Å²) in [5.74, 6) is 0. The van der Waals surface area contributed by atoms with E-state index in [1.165, 1.54) is 43.6 Å². The fourth-order valence-corrected chi connectivity index (χ4v) is 10.3. The number of para-hydroxylation sites is 5. The van der Waals surface area contributed by atoms with Crippen molar-refractivity contribution in [1.29, 1.82) is 0 Å². The molecule has 4 heteroatoms. The molecule has 0 aliphatic heterocycles. The van der Waals surface area contributed by atoms with Gasteiger partial charge in [0.1, 0.15) is 22.3 Å². The molecule has 0 N–H and O–H groups in total. The summed E-state index contributed by atoms with van der Waals surface area (Å²) in [5.41, 5.74) is 17.2. The third kappa shape index (κ3) is 5.17. The zero-order chi connectivity index (χ0) is 41.9. The van der Waals surface area contributed by atoms with Gasteiger partial charge in [-0.15, -0.1) is 0 Å². The van der Waals surface area contributed by atoms with E-state index < -0.39 is 0 Å². The van der Waals surface area contributed by atoms with Crippen LogP contribution in [0.4, 0.5) is 0 Å². The van der Waals surface area contributed by atoms with Gasteiger partial charge in [-0.2, -0.15) is 0 Å². The minimum Gasteiger partial charge on any atom is -0.456 e. The number of rotatable bonds is 5. The lowest BCUT2D eigenvalue weighted by Gasteiger charge is -2.10. The van der Waals surface area contributed by atoms with Crippen molar-refractivity contribution in [3.8, 4) is 44.8 Å². The molecule has 0 atom stereocenters. The summed E-state index contributed by atoms with van der Waals surface area (Å²) in [6, 6.07) is 78.6. The lowest BCUT2D eigenvalue weighted by atomic mass is 9.93. The molecule has 0 amide bonds. The van der Waals surface area contributed by atoms with Crippen LogP contribution in [0.5, 0.6) is 0 Å². The van der Waals surface area contributed by atoms with E-state index in [9.17, 15) is 0 Å². The van der Waals surface area contributed by atoms with Crippen LogP contribution >= 0.6 is 0 Å². The molecule has 4 aromatic heterocycles. The van der Waals surface area contributed by atoms with Crippen LogP contribution in [0.25, 0.3) is 132 Å². The summed E-state index contributed by atoms with van der Waals surface area (Å²) in [6.07, 6.45) is 0. The zero-order valence-electron chi connectivity index (χ0n) is 34.5. The largest absolute Gasteiger partial charge is 0.456 e. The van der Waals surface area contributed by atoms with E-state index in [2.05, 4.69) is 215 Å². The molecule has 4 nitrogen and oxygen atoms in total. The van der Waals surface area contributed by atoms with Crippen LogP contribution in [0.2, 0.25) is 0 Å².